The van der Waals surface area contributed by atoms with Crippen molar-refractivity contribution in [2.45, 2.75) is 244 Å². The summed E-state index contributed by atoms with van der Waals surface area (Å²) in [5.74, 6) is -1.46. The smallest absolute Gasteiger partial charge is 0.362 e. The summed E-state index contributed by atoms with van der Waals surface area (Å²) in [4.78, 5) is 37.1. The Labute approximate surface area is 364 Å². The normalized spacial score (nSPS) is 13.0. The third-order valence-corrected chi connectivity index (χ3v) is 11.4. The van der Waals surface area contributed by atoms with Crippen LogP contribution in [0, 0.1) is 0 Å². The molecule has 0 aliphatic heterocycles. The molecule has 0 amide bonds. The summed E-state index contributed by atoms with van der Waals surface area (Å²) in [7, 11) is 5.54. The van der Waals surface area contributed by atoms with Gasteiger partial charge in [-0.2, -0.15) is 0 Å². The van der Waals surface area contributed by atoms with Gasteiger partial charge in [0.15, 0.2) is 12.1 Å². The van der Waals surface area contributed by atoms with Gasteiger partial charge in [0, 0.05) is 19.3 Å². The summed E-state index contributed by atoms with van der Waals surface area (Å²) in [6.07, 6.45) is 47.9. The molecule has 0 aromatic carbocycles. The Balaban J connectivity index is 4.24. The molecule has 0 spiro atoms. The number of aliphatic carboxylic acids is 1. The fourth-order valence-corrected chi connectivity index (χ4v) is 7.50. The fraction of sp³-hybridized carbons (Fsp3) is 0.863. The summed E-state index contributed by atoms with van der Waals surface area (Å²) < 4.78 is 17.3. The van der Waals surface area contributed by atoms with Crippen LogP contribution in [0.4, 0.5) is 0 Å². The summed E-state index contributed by atoms with van der Waals surface area (Å²) in [5.41, 5.74) is 0. The molecule has 2 atom stereocenters. The lowest BCUT2D eigenvalue weighted by atomic mass is 10.0. The zero-order valence-electron chi connectivity index (χ0n) is 39.5. The Kier molecular flexibility index (Phi) is 40.9. The Morgan fingerprint density at radius 2 is 0.881 bits per heavy atom. The molecular formula is C51H96NO7+. The van der Waals surface area contributed by atoms with E-state index in [1.54, 1.807) is 0 Å². The highest BCUT2D eigenvalue weighted by Crippen LogP contribution is 2.16. The van der Waals surface area contributed by atoms with Crippen LogP contribution < -0.4 is 0 Å². The summed E-state index contributed by atoms with van der Waals surface area (Å²) in [5, 5.41) is 9.64. The van der Waals surface area contributed by atoms with Crippen LogP contribution in [-0.4, -0.2) is 80.6 Å². The number of carbonyl (C=O) groups is 3. The molecule has 0 bridgehead atoms. The molecule has 59 heavy (non-hydrogen) atoms. The molecule has 0 saturated heterocycles. The van der Waals surface area contributed by atoms with Gasteiger partial charge in [-0.05, 0) is 38.5 Å². The first-order valence-electron chi connectivity index (χ1n) is 24.9. The first-order valence-corrected chi connectivity index (χ1v) is 24.9. The van der Waals surface area contributed by atoms with Gasteiger partial charge >= 0.3 is 17.9 Å². The molecule has 0 aromatic rings. The number of hydrogen-bond acceptors (Lipinski definition) is 6. The van der Waals surface area contributed by atoms with Crippen LogP contribution in [0.2, 0.25) is 0 Å². The molecule has 0 fully saturated rings. The number of carboxylic acids is 1. The number of carbonyl (C=O) groups excluding carboxylic acids is 2. The standard InChI is InChI=1S/C51H95NO7/c1-6-8-10-12-14-16-18-20-22-23-24-25-26-28-30-32-34-36-38-40-42-50(54)59-47(45-57-44-43-48(51(55)56)52(3,4)5)46-58-49(53)41-39-37-35-33-31-29-27-21-19-17-15-13-11-9-7-2/h16,18,20,22,47-48H,6-15,17,19,21,23-46H2,1-5H3/p+1/b18-16+,22-20+. The van der Waals surface area contributed by atoms with Crippen LogP contribution in [0.25, 0.3) is 0 Å². The largest absolute Gasteiger partial charge is 0.477 e. The number of unbranched alkanes of at least 4 members (excludes halogenated alkanes) is 28. The zero-order chi connectivity index (χ0) is 43.5. The number of carboxylic acid groups (broad SMARTS) is 1. The molecule has 0 rings (SSSR count). The molecule has 0 aromatic heterocycles. The van der Waals surface area contributed by atoms with Gasteiger partial charge in [-0.3, -0.25) is 9.59 Å². The maximum atomic E-state index is 12.8. The van der Waals surface area contributed by atoms with E-state index in [0.717, 1.165) is 38.5 Å². The van der Waals surface area contributed by atoms with Crippen molar-refractivity contribution in [1.82, 2.24) is 0 Å². The van der Waals surface area contributed by atoms with Crippen molar-refractivity contribution in [2.24, 2.45) is 0 Å². The molecule has 0 saturated carbocycles. The Morgan fingerprint density at radius 1 is 0.508 bits per heavy atom. The summed E-state index contributed by atoms with van der Waals surface area (Å²) >= 11 is 0. The van der Waals surface area contributed by atoms with Crippen molar-refractivity contribution in [3.8, 4) is 0 Å². The third-order valence-electron chi connectivity index (χ3n) is 11.4. The molecule has 0 aliphatic carbocycles. The second-order valence-corrected chi connectivity index (χ2v) is 18.1. The van der Waals surface area contributed by atoms with Crippen molar-refractivity contribution in [3.05, 3.63) is 24.3 Å². The first-order chi connectivity index (χ1) is 28.6. The Morgan fingerprint density at radius 3 is 1.29 bits per heavy atom. The number of allylic oxidation sites excluding steroid dienone is 4. The molecule has 0 aliphatic rings. The lowest BCUT2D eigenvalue weighted by molar-refractivity contribution is -0.887. The number of likely N-dealkylation sites (N-methyl/N-ethyl adjacent to an activating group) is 1. The van der Waals surface area contributed by atoms with E-state index in [1.165, 1.54) is 161 Å². The molecule has 0 heterocycles. The van der Waals surface area contributed by atoms with E-state index in [9.17, 15) is 19.5 Å². The maximum absolute atomic E-state index is 12.8. The summed E-state index contributed by atoms with van der Waals surface area (Å²) in [6.45, 7) is 4.75. The highest BCUT2D eigenvalue weighted by atomic mass is 16.6. The van der Waals surface area contributed by atoms with Gasteiger partial charge in [-0.1, -0.05) is 199 Å². The number of nitrogens with zero attached hydrogens (tertiary/aromatic N) is 1. The third kappa shape index (κ3) is 41.0. The molecule has 346 valence electrons. The second-order valence-electron chi connectivity index (χ2n) is 18.1. The van der Waals surface area contributed by atoms with Crippen molar-refractivity contribution in [3.63, 3.8) is 0 Å². The van der Waals surface area contributed by atoms with Gasteiger partial charge in [-0.15, -0.1) is 0 Å². The average Bonchev–Trinajstić information content (AvgIpc) is 3.19. The Bertz CT molecular complexity index is 1020. The second kappa shape index (κ2) is 42.5. The highest BCUT2D eigenvalue weighted by molar-refractivity contribution is 5.72. The van der Waals surface area contributed by atoms with Crippen molar-refractivity contribution < 1.29 is 38.2 Å². The van der Waals surface area contributed by atoms with E-state index in [0.29, 0.717) is 19.3 Å². The zero-order valence-corrected chi connectivity index (χ0v) is 39.5. The lowest BCUT2D eigenvalue weighted by Gasteiger charge is -2.31. The number of hydrogen-bond donors (Lipinski definition) is 1. The van der Waals surface area contributed by atoms with Crippen LogP contribution in [0.3, 0.4) is 0 Å². The molecule has 1 N–H and O–H groups in total. The maximum Gasteiger partial charge on any atom is 0.362 e. The number of quaternary nitrogens is 1. The quantitative estimate of drug-likeness (QED) is 0.0282. The predicted octanol–water partition coefficient (Wildman–Crippen LogP) is 14.0. The number of rotatable bonds is 45. The lowest BCUT2D eigenvalue weighted by Crippen LogP contribution is -2.50. The molecule has 2 unspecified atom stereocenters. The average molecular weight is 835 g/mol. The van der Waals surface area contributed by atoms with Gasteiger partial charge in [0.25, 0.3) is 0 Å². The minimum atomic E-state index is -0.873. The van der Waals surface area contributed by atoms with Gasteiger partial charge in [-0.25, -0.2) is 4.79 Å². The van der Waals surface area contributed by atoms with E-state index >= 15 is 0 Å². The minimum Gasteiger partial charge on any atom is -0.477 e. The number of ether oxygens (including phenoxy) is 3. The summed E-state index contributed by atoms with van der Waals surface area (Å²) in [6, 6.07) is -0.612. The van der Waals surface area contributed by atoms with Crippen molar-refractivity contribution in [2.75, 3.05) is 41.0 Å². The minimum absolute atomic E-state index is 0.0473. The fourth-order valence-electron chi connectivity index (χ4n) is 7.50. The Hall–Kier alpha value is -2.19. The monoisotopic (exact) mass is 835 g/mol. The van der Waals surface area contributed by atoms with E-state index in [4.69, 9.17) is 14.2 Å². The molecule has 8 nitrogen and oxygen atoms in total. The highest BCUT2D eigenvalue weighted by Gasteiger charge is 2.31. The van der Waals surface area contributed by atoms with E-state index < -0.39 is 18.1 Å². The van der Waals surface area contributed by atoms with Gasteiger partial charge in [0.2, 0.25) is 0 Å². The van der Waals surface area contributed by atoms with Crippen LogP contribution in [-0.2, 0) is 28.6 Å². The van der Waals surface area contributed by atoms with Crippen molar-refractivity contribution >= 4 is 17.9 Å². The topological polar surface area (TPSA) is 99.1 Å². The SMILES string of the molecule is CCCCCC/C=C/C=C/CCCCCCCCCCCCC(=O)OC(COCCC(C(=O)O)[N+](C)(C)C)COC(=O)CCCCCCCCCCCCCCCCC. The van der Waals surface area contributed by atoms with Gasteiger partial charge < -0.3 is 23.8 Å². The van der Waals surface area contributed by atoms with Crippen LogP contribution in [0.15, 0.2) is 24.3 Å². The van der Waals surface area contributed by atoms with E-state index in [1.807, 2.05) is 21.1 Å². The van der Waals surface area contributed by atoms with Crippen LogP contribution in [0.1, 0.15) is 232 Å². The van der Waals surface area contributed by atoms with Gasteiger partial charge in [0.1, 0.15) is 6.61 Å². The predicted molar refractivity (Wildman–Crippen MR) is 248 cm³/mol. The van der Waals surface area contributed by atoms with Crippen molar-refractivity contribution in [1.29, 1.82) is 0 Å². The van der Waals surface area contributed by atoms with E-state index in [2.05, 4.69) is 38.2 Å². The molecule has 8 heteroatoms. The number of esters is 2. The van der Waals surface area contributed by atoms with Gasteiger partial charge in [0.05, 0.1) is 34.4 Å². The first kappa shape index (κ1) is 56.8. The molecular weight excluding hydrogens is 739 g/mol. The van der Waals surface area contributed by atoms with E-state index in [-0.39, 0.29) is 36.2 Å². The van der Waals surface area contributed by atoms with Crippen LogP contribution in [0.5, 0.6) is 0 Å². The van der Waals surface area contributed by atoms with Crippen LogP contribution >= 0.6 is 0 Å². The molecule has 0 radical (unpaired) electrons.